The van der Waals surface area contributed by atoms with Gasteiger partial charge in [-0.3, -0.25) is 9.69 Å². The molecule has 0 bridgehead atoms. The fraction of sp³-hybridized carbons (Fsp3) is 0.650. The average molecular weight is 394 g/mol. The van der Waals surface area contributed by atoms with Gasteiger partial charge in [0, 0.05) is 39.3 Å². The van der Waals surface area contributed by atoms with E-state index in [4.69, 9.17) is 0 Å². The summed E-state index contributed by atoms with van der Waals surface area (Å²) in [5, 5.41) is 0. The van der Waals surface area contributed by atoms with Gasteiger partial charge in [-0.1, -0.05) is 30.7 Å². The fourth-order valence-corrected chi connectivity index (χ4v) is 5.26. The van der Waals surface area contributed by atoms with Crippen LogP contribution in [-0.2, 0) is 21.4 Å². The Balaban J connectivity index is 1.63. The minimum atomic E-state index is -3.35. The summed E-state index contributed by atoms with van der Waals surface area (Å²) in [4.78, 5) is 17.4. The highest BCUT2D eigenvalue weighted by molar-refractivity contribution is 7.88. The predicted molar refractivity (Wildman–Crippen MR) is 107 cm³/mol. The molecule has 0 spiro atoms. The second kappa shape index (κ2) is 8.71. The molecule has 2 fully saturated rings. The number of hydrogen-bond donors (Lipinski definition) is 0. The number of hydrogen-bond acceptors (Lipinski definition) is 4. The van der Waals surface area contributed by atoms with Crippen LogP contribution in [0.1, 0.15) is 36.8 Å². The van der Waals surface area contributed by atoms with Crippen molar-refractivity contribution in [2.45, 2.75) is 45.2 Å². The van der Waals surface area contributed by atoms with Crippen molar-refractivity contribution >= 4 is 15.9 Å². The number of amides is 1. The van der Waals surface area contributed by atoms with E-state index in [1.165, 1.54) is 21.7 Å². The molecule has 27 heavy (non-hydrogen) atoms. The number of piperidine rings is 1. The van der Waals surface area contributed by atoms with Crippen LogP contribution in [0.4, 0.5) is 0 Å². The van der Waals surface area contributed by atoms with E-state index in [2.05, 4.69) is 36.1 Å². The van der Waals surface area contributed by atoms with E-state index in [-0.39, 0.29) is 5.91 Å². The van der Waals surface area contributed by atoms with Crippen LogP contribution in [0.25, 0.3) is 0 Å². The molecule has 3 rings (SSSR count). The van der Waals surface area contributed by atoms with Gasteiger partial charge in [0.1, 0.15) is 6.04 Å². The second-order valence-electron chi connectivity index (χ2n) is 7.77. The molecule has 2 saturated heterocycles. The molecule has 1 atom stereocenters. The highest BCUT2D eigenvalue weighted by Gasteiger charge is 2.37. The summed E-state index contributed by atoms with van der Waals surface area (Å²) in [6.07, 6.45) is 4.51. The van der Waals surface area contributed by atoms with E-state index in [1.54, 1.807) is 0 Å². The number of benzene rings is 1. The van der Waals surface area contributed by atoms with Crippen molar-refractivity contribution in [2.24, 2.45) is 0 Å². The maximum atomic E-state index is 13.1. The Morgan fingerprint density at radius 3 is 2.56 bits per heavy atom. The molecule has 2 aliphatic heterocycles. The SMILES string of the molecule is Cc1ccccc1CN1CCCN(C(=O)C2CCCCN2S(C)(=O)=O)CC1. The zero-order valence-electron chi connectivity index (χ0n) is 16.4. The third-order valence-corrected chi connectivity index (χ3v) is 7.01. The van der Waals surface area contributed by atoms with E-state index < -0.39 is 16.1 Å². The molecule has 1 amide bonds. The third kappa shape index (κ3) is 5.09. The molecule has 0 N–H and O–H groups in total. The maximum Gasteiger partial charge on any atom is 0.241 e. The highest BCUT2D eigenvalue weighted by atomic mass is 32.2. The summed E-state index contributed by atoms with van der Waals surface area (Å²) in [5.41, 5.74) is 2.62. The van der Waals surface area contributed by atoms with Crippen molar-refractivity contribution in [1.82, 2.24) is 14.1 Å². The normalized spacial score (nSPS) is 23.2. The van der Waals surface area contributed by atoms with Crippen LogP contribution >= 0.6 is 0 Å². The highest BCUT2D eigenvalue weighted by Crippen LogP contribution is 2.22. The smallest absolute Gasteiger partial charge is 0.241 e. The topological polar surface area (TPSA) is 60.9 Å². The standard InChI is InChI=1S/C20H31N3O3S/c1-17-8-3-4-9-18(17)16-21-11-7-12-22(15-14-21)20(24)19-10-5-6-13-23(19)27(2,25)26/h3-4,8-9,19H,5-7,10-16H2,1-2H3. The first kappa shape index (κ1) is 20.3. The van der Waals surface area contributed by atoms with Crippen LogP contribution in [0.3, 0.4) is 0 Å². The molecular weight excluding hydrogens is 362 g/mol. The van der Waals surface area contributed by atoms with Crippen LogP contribution in [0.5, 0.6) is 0 Å². The lowest BCUT2D eigenvalue weighted by Crippen LogP contribution is -2.53. The molecule has 2 aliphatic rings. The van der Waals surface area contributed by atoms with Crippen molar-refractivity contribution < 1.29 is 13.2 Å². The summed E-state index contributed by atoms with van der Waals surface area (Å²) in [6.45, 7) is 6.64. The Labute approximate surface area is 163 Å². The Morgan fingerprint density at radius 1 is 1.04 bits per heavy atom. The Hall–Kier alpha value is -1.44. The summed E-state index contributed by atoms with van der Waals surface area (Å²) in [6, 6.07) is 7.90. The molecule has 0 radical (unpaired) electrons. The van der Waals surface area contributed by atoms with Crippen molar-refractivity contribution in [2.75, 3.05) is 39.0 Å². The van der Waals surface area contributed by atoms with Gasteiger partial charge >= 0.3 is 0 Å². The molecular formula is C20H31N3O3S. The quantitative estimate of drug-likeness (QED) is 0.783. The zero-order chi connectivity index (χ0) is 19.4. The molecule has 150 valence electrons. The van der Waals surface area contributed by atoms with Gasteiger partial charge in [-0.05, 0) is 37.3 Å². The molecule has 2 heterocycles. The van der Waals surface area contributed by atoms with Gasteiger partial charge in [0.2, 0.25) is 15.9 Å². The van der Waals surface area contributed by atoms with E-state index in [9.17, 15) is 13.2 Å². The largest absolute Gasteiger partial charge is 0.340 e. The molecule has 1 aromatic rings. The van der Waals surface area contributed by atoms with Gasteiger partial charge in [-0.25, -0.2) is 8.42 Å². The minimum Gasteiger partial charge on any atom is -0.340 e. The number of aryl methyl sites for hydroxylation is 1. The van der Waals surface area contributed by atoms with Gasteiger partial charge in [0.15, 0.2) is 0 Å². The number of carbonyl (C=O) groups is 1. The number of sulfonamides is 1. The minimum absolute atomic E-state index is 0.0159. The maximum absolute atomic E-state index is 13.1. The number of rotatable bonds is 4. The second-order valence-corrected chi connectivity index (χ2v) is 9.70. The number of carbonyl (C=O) groups excluding carboxylic acids is 1. The van der Waals surface area contributed by atoms with Gasteiger partial charge in [0.05, 0.1) is 6.26 Å². The molecule has 0 saturated carbocycles. The monoisotopic (exact) mass is 393 g/mol. The first-order valence-corrected chi connectivity index (χ1v) is 11.7. The summed E-state index contributed by atoms with van der Waals surface area (Å²) in [7, 11) is -3.35. The van der Waals surface area contributed by atoms with Crippen LogP contribution in [-0.4, -0.2) is 73.5 Å². The lowest BCUT2D eigenvalue weighted by molar-refractivity contribution is -0.136. The molecule has 1 unspecified atom stereocenters. The van der Waals surface area contributed by atoms with E-state index in [1.807, 2.05) is 4.90 Å². The van der Waals surface area contributed by atoms with Crippen LogP contribution in [0.2, 0.25) is 0 Å². The first-order valence-electron chi connectivity index (χ1n) is 9.89. The summed E-state index contributed by atoms with van der Waals surface area (Å²) in [5.74, 6) is -0.0159. The van der Waals surface area contributed by atoms with Gasteiger partial charge in [0.25, 0.3) is 0 Å². The lowest BCUT2D eigenvalue weighted by Gasteiger charge is -2.35. The molecule has 1 aromatic carbocycles. The zero-order valence-corrected chi connectivity index (χ0v) is 17.2. The average Bonchev–Trinajstić information content (AvgIpc) is 2.88. The van der Waals surface area contributed by atoms with E-state index >= 15 is 0 Å². The van der Waals surface area contributed by atoms with Crippen molar-refractivity contribution in [1.29, 1.82) is 0 Å². The van der Waals surface area contributed by atoms with Gasteiger partial charge < -0.3 is 4.90 Å². The van der Waals surface area contributed by atoms with E-state index in [0.717, 1.165) is 38.9 Å². The predicted octanol–water partition coefficient (Wildman–Crippen LogP) is 1.84. The first-order chi connectivity index (χ1) is 12.9. The molecule has 0 aliphatic carbocycles. The fourth-order valence-electron chi connectivity index (χ4n) is 4.14. The summed E-state index contributed by atoms with van der Waals surface area (Å²) < 4.78 is 25.6. The third-order valence-electron chi connectivity index (χ3n) is 5.72. The van der Waals surface area contributed by atoms with Crippen molar-refractivity contribution in [3.63, 3.8) is 0 Å². The summed E-state index contributed by atoms with van der Waals surface area (Å²) >= 11 is 0. The van der Waals surface area contributed by atoms with Crippen molar-refractivity contribution in [3.8, 4) is 0 Å². The van der Waals surface area contributed by atoms with Crippen LogP contribution in [0, 0.1) is 6.92 Å². The molecule has 6 nitrogen and oxygen atoms in total. The van der Waals surface area contributed by atoms with Crippen molar-refractivity contribution in [3.05, 3.63) is 35.4 Å². The van der Waals surface area contributed by atoms with Crippen LogP contribution in [0.15, 0.2) is 24.3 Å². The van der Waals surface area contributed by atoms with E-state index in [0.29, 0.717) is 26.1 Å². The molecule has 0 aromatic heterocycles. The van der Waals surface area contributed by atoms with Gasteiger partial charge in [-0.2, -0.15) is 4.31 Å². The van der Waals surface area contributed by atoms with Crippen LogP contribution < -0.4 is 0 Å². The Kier molecular flexibility index (Phi) is 6.55. The lowest BCUT2D eigenvalue weighted by atomic mass is 10.0. The number of nitrogens with zero attached hydrogens (tertiary/aromatic N) is 3. The van der Waals surface area contributed by atoms with Gasteiger partial charge in [-0.15, -0.1) is 0 Å². The Bertz CT molecular complexity index is 765. The molecule has 7 heteroatoms. The Morgan fingerprint density at radius 2 is 1.81 bits per heavy atom.